The van der Waals surface area contributed by atoms with Crippen LogP contribution in [0.15, 0.2) is 60.4 Å². The molecular formula is C16H14O3. The topological polar surface area (TPSA) is 43.4 Å². The monoisotopic (exact) mass is 268 g/mol. The molecule has 0 saturated carbocycles. The van der Waals surface area contributed by atoms with E-state index in [1.807, 2.05) is 0 Å². The summed E-state index contributed by atoms with van der Waals surface area (Å²) in [7, 11) is 0. The Kier molecular flexibility index (Phi) is 1.43. The molecule has 19 heavy (non-hydrogen) atoms. The van der Waals surface area contributed by atoms with Crippen molar-refractivity contribution in [1.82, 2.24) is 0 Å². The average Bonchev–Trinajstić information content (AvgIpc) is 2.72. The lowest BCUT2D eigenvalue weighted by molar-refractivity contribution is 0.0672. The van der Waals surface area contributed by atoms with Crippen LogP contribution in [0, 0.1) is 0 Å². The molecule has 96 valence electrons. The molecule has 2 rings (SSSR count). The summed E-state index contributed by atoms with van der Waals surface area (Å²) >= 11 is 0. The minimum Gasteiger partial charge on any atom is -0.365 e. The summed E-state index contributed by atoms with van der Waals surface area (Å²) in [6, 6.07) is -9.94. The van der Waals surface area contributed by atoms with Crippen LogP contribution in [0.2, 0.25) is 0 Å². The predicted molar refractivity (Wildman–Crippen MR) is 72.4 cm³/mol. The van der Waals surface area contributed by atoms with Crippen molar-refractivity contribution in [3.8, 4) is 0 Å². The molecule has 0 aliphatic heterocycles. The van der Waals surface area contributed by atoms with E-state index in [9.17, 15) is 9.59 Å². The third kappa shape index (κ3) is 3.86. The van der Waals surface area contributed by atoms with Gasteiger partial charge in [-0.3, -0.25) is 9.59 Å². The zero-order chi connectivity index (χ0) is 25.8. The number of rotatable bonds is 6. The fraction of sp³-hybridized carbons (Fsp3) is 0.125. The summed E-state index contributed by atoms with van der Waals surface area (Å²) in [5, 5.41) is 0. The molecule has 0 spiro atoms. The zero-order valence-corrected chi connectivity index (χ0v) is 9.22. The van der Waals surface area contributed by atoms with E-state index in [1.54, 1.807) is 0 Å². The van der Waals surface area contributed by atoms with E-state index in [0.29, 0.717) is 0 Å². The van der Waals surface area contributed by atoms with Gasteiger partial charge in [-0.05, 0) is 0 Å². The molecule has 0 aromatic heterocycles. The van der Waals surface area contributed by atoms with Crippen LogP contribution >= 0.6 is 0 Å². The van der Waals surface area contributed by atoms with Gasteiger partial charge in [0.25, 0.3) is 0 Å². The Labute approximate surface area is 131 Å². The third-order valence-corrected chi connectivity index (χ3v) is 1.74. The van der Waals surface area contributed by atoms with Crippen LogP contribution in [0.25, 0.3) is 0 Å². The van der Waals surface area contributed by atoms with Crippen molar-refractivity contribution < 1.29 is 33.5 Å². The van der Waals surface area contributed by atoms with Gasteiger partial charge in [-0.1, -0.05) is 60.4 Å². The van der Waals surface area contributed by atoms with Gasteiger partial charge in [0.15, 0.2) is 11.6 Å². The number of hydrogen-bond donors (Lipinski definition) is 0. The van der Waals surface area contributed by atoms with Gasteiger partial charge in [-0.2, -0.15) is 0 Å². The number of Topliss-reactive ketones (excluding diaryl/α,β-unsaturated/α-hetero) is 2. The summed E-state index contributed by atoms with van der Waals surface area (Å²) in [5.41, 5.74) is -2.31. The first-order valence-corrected chi connectivity index (χ1v) is 4.82. The lowest BCUT2D eigenvalue weighted by Gasteiger charge is -2.03. The first-order valence-electron chi connectivity index (χ1n) is 11.8. The molecule has 0 amide bonds. The normalized spacial score (nSPS) is 22.1. The number of carbonyl (C=O) groups excluding carboxylic acids is 2. The second kappa shape index (κ2) is 6.61. The quantitative estimate of drug-likeness (QED) is 0.757. The SMILES string of the molecule is [2H]c1c([2H])c([2H])c(C(=O)C([2H])([2H])OC([2H])([2H])C(=O)c2c([2H])c([2H])c([2H])c([2H])c2[2H])c([2H])c1[2H]. The molecule has 2 aromatic rings. The van der Waals surface area contributed by atoms with Gasteiger partial charge in [-0.25, -0.2) is 0 Å². The third-order valence-electron chi connectivity index (χ3n) is 1.74. The van der Waals surface area contributed by atoms with Gasteiger partial charge in [-0.15, -0.1) is 0 Å². The lowest BCUT2D eigenvalue weighted by Crippen LogP contribution is -2.15. The van der Waals surface area contributed by atoms with Gasteiger partial charge >= 0.3 is 0 Å². The minimum absolute atomic E-state index is 0.866. The first-order chi connectivity index (χ1) is 14.9. The Morgan fingerprint density at radius 3 is 1.58 bits per heavy atom. The Hall–Kier alpha value is -2.26. The Morgan fingerprint density at radius 2 is 1.21 bits per heavy atom. The molecule has 0 fully saturated rings. The van der Waals surface area contributed by atoms with E-state index in [1.165, 1.54) is 0 Å². The van der Waals surface area contributed by atoms with E-state index in [-0.39, 0.29) is 0 Å². The van der Waals surface area contributed by atoms with E-state index >= 15 is 0 Å². The highest BCUT2D eigenvalue weighted by atomic mass is 16.5. The maximum absolute atomic E-state index is 12.6. The van der Waals surface area contributed by atoms with Crippen molar-refractivity contribution in [3.05, 3.63) is 71.6 Å². The van der Waals surface area contributed by atoms with E-state index < -0.39 is 96.2 Å². The highest BCUT2D eigenvalue weighted by Gasteiger charge is 2.08. The summed E-state index contributed by atoms with van der Waals surface area (Å²) in [6.07, 6.45) is 0. The van der Waals surface area contributed by atoms with Crippen molar-refractivity contribution in [1.29, 1.82) is 0 Å². The van der Waals surface area contributed by atoms with Gasteiger partial charge < -0.3 is 4.74 Å². The lowest BCUT2D eigenvalue weighted by atomic mass is 10.1. The van der Waals surface area contributed by atoms with Crippen molar-refractivity contribution in [2.75, 3.05) is 13.1 Å². The zero-order valence-electron chi connectivity index (χ0n) is 23.2. The molecular weight excluding hydrogens is 240 g/mol. The largest absolute Gasteiger partial charge is 0.365 e. The molecule has 0 aliphatic rings. The van der Waals surface area contributed by atoms with Gasteiger partial charge in [0, 0.05) is 11.1 Å². The first kappa shape index (κ1) is 4.12. The molecule has 0 saturated heterocycles. The standard InChI is InChI=1S/C16H14O3/c17-15(13-7-3-1-4-8-13)11-19-12-16(18)14-9-5-2-6-10-14/h1-10H,11-12H2/i1D,2D,3D,4D,5D,6D,7D,8D,9D,10D,11D2,12D2. The minimum atomic E-state index is -3.76. The van der Waals surface area contributed by atoms with E-state index in [0.717, 1.165) is 0 Å². The van der Waals surface area contributed by atoms with Crippen molar-refractivity contribution in [2.45, 2.75) is 0 Å². The smallest absolute Gasteiger partial charge is 0.188 e. The molecule has 0 N–H and O–H groups in total. The van der Waals surface area contributed by atoms with Crippen LogP contribution in [0.5, 0.6) is 0 Å². The van der Waals surface area contributed by atoms with Crippen LogP contribution in [0.4, 0.5) is 0 Å². The molecule has 0 atom stereocenters. The summed E-state index contributed by atoms with van der Waals surface area (Å²) in [6.45, 7) is -7.53. The average molecular weight is 268 g/mol. The van der Waals surface area contributed by atoms with Gasteiger partial charge in [0.1, 0.15) is 13.1 Å². The van der Waals surface area contributed by atoms with E-state index in [2.05, 4.69) is 4.74 Å². The van der Waals surface area contributed by atoms with Gasteiger partial charge in [0.2, 0.25) is 0 Å². The predicted octanol–water partition coefficient (Wildman–Crippen LogP) is 2.77. The molecule has 2 aromatic carbocycles. The summed E-state index contributed by atoms with van der Waals surface area (Å²) < 4.78 is 112. The molecule has 0 heterocycles. The van der Waals surface area contributed by atoms with Crippen LogP contribution in [-0.2, 0) is 4.74 Å². The number of ether oxygens (including phenoxy) is 1. The molecule has 0 bridgehead atoms. The van der Waals surface area contributed by atoms with E-state index in [4.69, 9.17) is 19.2 Å². The highest BCUT2D eigenvalue weighted by Crippen LogP contribution is 2.02. The Morgan fingerprint density at radius 1 is 0.842 bits per heavy atom. The second-order valence-electron chi connectivity index (χ2n) is 2.96. The molecule has 3 heteroatoms. The number of ketones is 2. The Bertz CT molecular complexity index is 1040. The maximum atomic E-state index is 12.6. The highest BCUT2D eigenvalue weighted by molar-refractivity contribution is 5.98. The maximum Gasteiger partial charge on any atom is 0.188 e. The molecule has 0 aliphatic carbocycles. The Balaban J connectivity index is 2.55. The molecule has 0 unspecified atom stereocenters. The molecule has 3 nitrogen and oxygen atoms in total. The second-order valence-corrected chi connectivity index (χ2v) is 2.96. The van der Waals surface area contributed by atoms with Crippen molar-refractivity contribution in [2.24, 2.45) is 0 Å². The van der Waals surface area contributed by atoms with Crippen LogP contribution in [0.3, 0.4) is 0 Å². The molecule has 0 radical (unpaired) electrons. The van der Waals surface area contributed by atoms with Crippen molar-refractivity contribution in [3.63, 3.8) is 0 Å². The summed E-state index contributed by atoms with van der Waals surface area (Å²) in [4.78, 5) is 25.3. The van der Waals surface area contributed by atoms with Crippen molar-refractivity contribution >= 4 is 11.6 Å². The number of carbonyl (C=O) groups is 2. The number of hydrogen-bond acceptors (Lipinski definition) is 3. The fourth-order valence-electron chi connectivity index (χ4n) is 0.947. The number of benzene rings is 2. The summed E-state index contributed by atoms with van der Waals surface area (Å²) in [5.74, 6) is -3.78. The van der Waals surface area contributed by atoms with Crippen LogP contribution in [0.1, 0.15) is 39.9 Å². The van der Waals surface area contributed by atoms with Crippen LogP contribution < -0.4 is 0 Å². The van der Waals surface area contributed by atoms with Gasteiger partial charge in [0.05, 0.1) is 19.2 Å². The van der Waals surface area contributed by atoms with Crippen LogP contribution in [-0.4, -0.2) is 24.7 Å². The fourth-order valence-corrected chi connectivity index (χ4v) is 0.947.